The Hall–Kier alpha value is -3.29. The molecule has 0 aliphatic carbocycles. The minimum absolute atomic E-state index is 0.0189. The Morgan fingerprint density at radius 3 is 2.00 bits per heavy atom. The number of hydrogen-bond acceptors (Lipinski definition) is 6. The third-order valence-corrected chi connectivity index (χ3v) is 6.61. The van der Waals surface area contributed by atoms with Crippen LogP contribution in [0.5, 0.6) is 0 Å². The number of benzene rings is 1. The highest BCUT2D eigenvalue weighted by Gasteiger charge is 2.24. The third-order valence-electron chi connectivity index (χ3n) is 6.61. The van der Waals surface area contributed by atoms with E-state index in [4.69, 9.17) is 16.2 Å². The van der Waals surface area contributed by atoms with Crippen molar-refractivity contribution in [2.24, 2.45) is 16.9 Å². The molecule has 0 bridgehead atoms. The number of hydrogen-bond donors (Lipinski definition) is 2. The van der Waals surface area contributed by atoms with Crippen molar-refractivity contribution >= 4 is 17.8 Å². The number of piperazine rings is 1. The normalized spacial score (nSPS) is 14.7. The number of nitrogens with two attached hydrogens (primary N) is 2. The molecule has 0 spiro atoms. The average molecular weight is 543 g/mol. The van der Waals surface area contributed by atoms with E-state index in [1.165, 1.54) is 58.6 Å². The molecule has 0 atom stereocenters. The van der Waals surface area contributed by atoms with E-state index in [0.29, 0.717) is 43.6 Å². The lowest BCUT2D eigenvalue weighted by molar-refractivity contribution is -0.136. The van der Waals surface area contributed by atoms with Crippen LogP contribution in [0, 0.1) is 5.41 Å². The lowest BCUT2D eigenvalue weighted by Gasteiger charge is -2.34. The Bertz CT molecular complexity index is 972. The van der Waals surface area contributed by atoms with Crippen LogP contribution in [0.2, 0.25) is 0 Å². The Balaban J connectivity index is 0.000000584. The van der Waals surface area contributed by atoms with Crippen molar-refractivity contribution in [3.63, 3.8) is 0 Å². The summed E-state index contributed by atoms with van der Waals surface area (Å²) in [6.07, 6.45) is 10.2. The van der Waals surface area contributed by atoms with Gasteiger partial charge in [0.2, 0.25) is 5.91 Å². The SMILES string of the molecule is CCCCCCCC(C)(C)C.COC(=O)/C(N)=C(/C=C(\N)C(=O)N1CCN(C(C)=O)CC1)Cc1ccccc1. The number of amides is 2. The van der Waals surface area contributed by atoms with Crippen LogP contribution in [0.15, 0.2) is 53.4 Å². The second kappa shape index (κ2) is 17.3. The van der Waals surface area contributed by atoms with E-state index < -0.39 is 5.97 Å². The highest BCUT2D eigenvalue weighted by Crippen LogP contribution is 2.22. The summed E-state index contributed by atoms with van der Waals surface area (Å²) in [5.41, 5.74) is 13.7. The van der Waals surface area contributed by atoms with Gasteiger partial charge in [0.15, 0.2) is 0 Å². The number of nitrogens with zero attached hydrogens (tertiary/aromatic N) is 2. The minimum Gasteiger partial charge on any atom is -0.464 e. The number of unbranched alkanes of at least 4 members (excludes halogenated alkanes) is 4. The van der Waals surface area contributed by atoms with E-state index >= 15 is 0 Å². The molecule has 2 amide bonds. The maximum atomic E-state index is 12.7. The van der Waals surface area contributed by atoms with E-state index in [1.807, 2.05) is 30.3 Å². The molecule has 1 heterocycles. The molecule has 2 rings (SSSR count). The Kier molecular flexibility index (Phi) is 15.0. The summed E-state index contributed by atoms with van der Waals surface area (Å²) < 4.78 is 4.70. The molecule has 1 aromatic carbocycles. The van der Waals surface area contributed by atoms with Gasteiger partial charge in [-0.3, -0.25) is 9.59 Å². The zero-order valence-electron chi connectivity index (χ0n) is 24.9. The Morgan fingerprint density at radius 1 is 0.923 bits per heavy atom. The summed E-state index contributed by atoms with van der Waals surface area (Å²) in [4.78, 5) is 39.2. The average Bonchev–Trinajstić information content (AvgIpc) is 2.91. The summed E-state index contributed by atoms with van der Waals surface area (Å²) in [5.74, 6) is -1.06. The monoisotopic (exact) mass is 542 g/mol. The minimum atomic E-state index is -0.683. The van der Waals surface area contributed by atoms with Crippen LogP contribution in [-0.4, -0.2) is 60.9 Å². The predicted molar refractivity (Wildman–Crippen MR) is 157 cm³/mol. The number of rotatable bonds is 10. The maximum Gasteiger partial charge on any atom is 0.354 e. The quantitative estimate of drug-likeness (QED) is 0.194. The van der Waals surface area contributed by atoms with Crippen LogP contribution in [0.3, 0.4) is 0 Å². The van der Waals surface area contributed by atoms with Crippen LogP contribution in [-0.2, 0) is 25.5 Å². The molecular formula is C31H50N4O4. The van der Waals surface area contributed by atoms with Crippen LogP contribution in [0.25, 0.3) is 0 Å². The van der Waals surface area contributed by atoms with Gasteiger partial charge in [0, 0.05) is 33.1 Å². The van der Waals surface area contributed by atoms with Crippen molar-refractivity contribution < 1.29 is 19.1 Å². The van der Waals surface area contributed by atoms with Gasteiger partial charge in [0.1, 0.15) is 5.70 Å². The molecule has 0 unspecified atom stereocenters. The largest absolute Gasteiger partial charge is 0.464 e. The van der Waals surface area contributed by atoms with Crippen molar-refractivity contribution in [1.29, 1.82) is 0 Å². The zero-order valence-corrected chi connectivity index (χ0v) is 24.9. The summed E-state index contributed by atoms with van der Waals surface area (Å²) in [6, 6.07) is 9.39. The molecule has 1 aliphatic rings. The molecule has 0 saturated carbocycles. The van der Waals surface area contributed by atoms with Crippen molar-refractivity contribution in [3.8, 4) is 0 Å². The highest BCUT2D eigenvalue weighted by atomic mass is 16.5. The van der Waals surface area contributed by atoms with Crippen molar-refractivity contribution in [2.45, 2.75) is 79.6 Å². The molecule has 1 aliphatic heterocycles. The van der Waals surface area contributed by atoms with E-state index in [1.54, 1.807) is 9.80 Å². The molecule has 8 nitrogen and oxygen atoms in total. The first kappa shape index (κ1) is 33.7. The highest BCUT2D eigenvalue weighted by molar-refractivity contribution is 5.94. The van der Waals surface area contributed by atoms with E-state index in [9.17, 15) is 14.4 Å². The van der Waals surface area contributed by atoms with Crippen molar-refractivity contribution in [3.05, 3.63) is 58.9 Å². The third kappa shape index (κ3) is 13.4. The number of esters is 1. The fraction of sp³-hybridized carbons (Fsp3) is 0.581. The summed E-state index contributed by atoms with van der Waals surface area (Å²) in [6.45, 7) is 12.5. The predicted octanol–water partition coefficient (Wildman–Crippen LogP) is 4.54. The molecule has 4 N–H and O–H groups in total. The van der Waals surface area contributed by atoms with Gasteiger partial charge in [-0.05, 0) is 35.5 Å². The second-order valence-electron chi connectivity index (χ2n) is 11.2. The fourth-order valence-corrected chi connectivity index (χ4v) is 4.20. The number of carbonyl (C=O) groups excluding carboxylic acids is 3. The Morgan fingerprint density at radius 2 is 1.49 bits per heavy atom. The number of methoxy groups -OCH3 is 1. The van der Waals surface area contributed by atoms with E-state index in [2.05, 4.69) is 27.7 Å². The molecular weight excluding hydrogens is 492 g/mol. The van der Waals surface area contributed by atoms with Gasteiger partial charge < -0.3 is 26.0 Å². The second-order valence-corrected chi connectivity index (χ2v) is 11.2. The van der Waals surface area contributed by atoms with Crippen molar-refractivity contribution in [1.82, 2.24) is 9.80 Å². The standard InChI is InChI=1S/C20H26N4O4.C11H24/c1-14(25)23-8-10-24(11-9-23)19(26)17(21)13-16(18(22)20(27)28-2)12-15-6-4-3-5-7-15;1-5-6-7-8-9-10-11(2,3)4/h3-7,13H,8-12,21-22H2,1-2H3;5-10H2,1-4H3/b17-13-,18-16-;. The summed E-state index contributed by atoms with van der Waals surface area (Å²) in [5, 5.41) is 0. The number of allylic oxidation sites excluding steroid dienone is 2. The van der Waals surface area contributed by atoms with Crippen LogP contribution in [0.4, 0.5) is 0 Å². The van der Waals surface area contributed by atoms with E-state index in [0.717, 1.165) is 5.56 Å². The van der Waals surface area contributed by atoms with Crippen molar-refractivity contribution in [2.75, 3.05) is 33.3 Å². The topological polar surface area (TPSA) is 119 Å². The fourth-order valence-electron chi connectivity index (χ4n) is 4.20. The molecule has 39 heavy (non-hydrogen) atoms. The van der Waals surface area contributed by atoms with Gasteiger partial charge in [0.05, 0.1) is 12.8 Å². The van der Waals surface area contributed by atoms with Gasteiger partial charge in [-0.25, -0.2) is 4.79 Å². The molecule has 0 radical (unpaired) electrons. The van der Waals surface area contributed by atoms with Gasteiger partial charge in [-0.15, -0.1) is 0 Å². The van der Waals surface area contributed by atoms with Crippen LogP contribution < -0.4 is 11.5 Å². The lowest BCUT2D eigenvalue weighted by Crippen LogP contribution is -2.51. The van der Waals surface area contributed by atoms with Gasteiger partial charge in [0.25, 0.3) is 5.91 Å². The number of carbonyl (C=O) groups is 3. The first-order chi connectivity index (χ1) is 18.4. The molecule has 1 aromatic rings. The molecule has 1 saturated heterocycles. The van der Waals surface area contributed by atoms with Crippen LogP contribution in [0.1, 0.15) is 78.7 Å². The summed E-state index contributed by atoms with van der Waals surface area (Å²) in [7, 11) is 1.24. The first-order valence-electron chi connectivity index (χ1n) is 14.0. The van der Waals surface area contributed by atoms with Gasteiger partial charge in [-0.1, -0.05) is 90.1 Å². The molecule has 218 valence electrons. The first-order valence-corrected chi connectivity index (χ1v) is 14.0. The summed E-state index contributed by atoms with van der Waals surface area (Å²) >= 11 is 0. The zero-order chi connectivity index (χ0) is 29.4. The lowest BCUT2D eigenvalue weighted by atomic mass is 9.89. The van der Waals surface area contributed by atoms with Gasteiger partial charge >= 0.3 is 5.97 Å². The molecule has 0 aromatic heterocycles. The van der Waals surface area contributed by atoms with E-state index in [-0.39, 0.29) is 23.2 Å². The maximum absolute atomic E-state index is 12.7. The van der Waals surface area contributed by atoms with Crippen LogP contribution >= 0.6 is 0 Å². The molecule has 8 heteroatoms. The molecule has 1 fully saturated rings. The van der Waals surface area contributed by atoms with Gasteiger partial charge in [-0.2, -0.15) is 0 Å². The Labute approximate surface area is 235 Å². The smallest absolute Gasteiger partial charge is 0.354 e. The number of ether oxygens (including phenoxy) is 1.